The van der Waals surface area contributed by atoms with Crippen molar-refractivity contribution in [1.82, 2.24) is 0 Å². The summed E-state index contributed by atoms with van der Waals surface area (Å²) in [5.41, 5.74) is 13.8. The number of azide groups is 1. The van der Waals surface area contributed by atoms with Crippen LogP contribution in [-0.4, -0.2) is 12.1 Å². The number of hydrogen-bond acceptors (Lipinski definition) is 2. The molecule has 1 saturated carbocycles. The Kier molecular flexibility index (Phi) is 2.54. The Morgan fingerprint density at radius 2 is 2.10 bits per heavy atom. The van der Waals surface area contributed by atoms with Crippen LogP contribution in [-0.2, 0) is 0 Å². The summed E-state index contributed by atoms with van der Waals surface area (Å²) in [4.78, 5) is 2.75. The van der Waals surface area contributed by atoms with Crippen LogP contribution in [0.1, 0.15) is 25.7 Å². The minimum absolute atomic E-state index is 0.0544. The smallest absolute Gasteiger partial charge is 0.0525 e. The Balaban J connectivity index is 2.47. The van der Waals surface area contributed by atoms with E-state index in [0.717, 1.165) is 19.3 Å². The SMILES string of the molecule is [N-]=[N+]=N[C@H]1CCCC[C@H]1N. The topological polar surface area (TPSA) is 74.8 Å². The molecule has 2 N–H and O–H groups in total. The molecule has 0 amide bonds. The van der Waals surface area contributed by atoms with E-state index in [9.17, 15) is 0 Å². The van der Waals surface area contributed by atoms with Crippen molar-refractivity contribution in [3.8, 4) is 0 Å². The first-order valence-electron chi connectivity index (χ1n) is 3.64. The zero-order chi connectivity index (χ0) is 7.40. The van der Waals surface area contributed by atoms with Crippen molar-refractivity contribution in [2.45, 2.75) is 37.8 Å². The van der Waals surface area contributed by atoms with Gasteiger partial charge in [0.1, 0.15) is 0 Å². The van der Waals surface area contributed by atoms with Crippen LogP contribution in [0.15, 0.2) is 5.11 Å². The van der Waals surface area contributed by atoms with Crippen molar-refractivity contribution in [1.29, 1.82) is 0 Å². The summed E-state index contributed by atoms with van der Waals surface area (Å²) >= 11 is 0. The van der Waals surface area contributed by atoms with Gasteiger partial charge >= 0.3 is 0 Å². The minimum Gasteiger partial charge on any atom is -0.327 e. The zero-order valence-electron chi connectivity index (χ0n) is 5.90. The highest BCUT2D eigenvalue weighted by atomic mass is 15.2. The van der Waals surface area contributed by atoms with Crippen LogP contribution < -0.4 is 5.73 Å². The Bertz CT molecular complexity index is 150. The van der Waals surface area contributed by atoms with Crippen molar-refractivity contribution >= 4 is 0 Å². The first kappa shape index (κ1) is 7.38. The summed E-state index contributed by atoms with van der Waals surface area (Å²) in [6, 6.07) is 0.156. The molecule has 4 heteroatoms. The molecule has 0 aromatic rings. The highest BCUT2D eigenvalue weighted by Gasteiger charge is 2.19. The average molecular weight is 140 g/mol. The van der Waals surface area contributed by atoms with Gasteiger partial charge in [0.15, 0.2) is 0 Å². The molecule has 56 valence electrons. The molecule has 4 nitrogen and oxygen atoms in total. The third kappa shape index (κ3) is 1.62. The third-order valence-corrected chi connectivity index (χ3v) is 1.98. The number of hydrogen-bond donors (Lipinski definition) is 1. The highest BCUT2D eigenvalue weighted by molar-refractivity contribution is 4.83. The van der Waals surface area contributed by atoms with Crippen LogP contribution >= 0.6 is 0 Å². The maximum Gasteiger partial charge on any atom is 0.0525 e. The summed E-state index contributed by atoms with van der Waals surface area (Å²) in [6.07, 6.45) is 4.30. The fraction of sp³-hybridized carbons (Fsp3) is 1.00. The molecule has 0 heterocycles. The first-order chi connectivity index (χ1) is 4.84. The number of nitrogens with zero attached hydrogens (tertiary/aromatic N) is 3. The lowest BCUT2D eigenvalue weighted by Gasteiger charge is -2.23. The van der Waals surface area contributed by atoms with Gasteiger partial charge in [-0.3, -0.25) is 0 Å². The Morgan fingerprint density at radius 1 is 1.40 bits per heavy atom. The van der Waals surface area contributed by atoms with E-state index < -0.39 is 0 Å². The molecule has 0 aliphatic heterocycles. The second kappa shape index (κ2) is 3.44. The maximum absolute atomic E-state index is 8.14. The van der Waals surface area contributed by atoms with Crippen LogP contribution in [0.3, 0.4) is 0 Å². The van der Waals surface area contributed by atoms with E-state index in [1.165, 1.54) is 6.42 Å². The predicted octanol–water partition coefficient (Wildman–Crippen LogP) is 1.57. The van der Waals surface area contributed by atoms with Crippen LogP contribution in [0.4, 0.5) is 0 Å². The van der Waals surface area contributed by atoms with E-state index in [1.54, 1.807) is 0 Å². The molecule has 1 aliphatic carbocycles. The van der Waals surface area contributed by atoms with Crippen molar-refractivity contribution in [2.75, 3.05) is 0 Å². The second-order valence-electron chi connectivity index (χ2n) is 2.72. The van der Waals surface area contributed by atoms with E-state index in [4.69, 9.17) is 11.3 Å². The number of rotatable bonds is 1. The quantitative estimate of drug-likeness (QED) is 0.335. The van der Waals surface area contributed by atoms with Crippen LogP contribution in [0.2, 0.25) is 0 Å². The van der Waals surface area contributed by atoms with E-state index in [2.05, 4.69) is 10.0 Å². The Morgan fingerprint density at radius 3 is 2.70 bits per heavy atom. The molecule has 0 radical (unpaired) electrons. The summed E-state index contributed by atoms with van der Waals surface area (Å²) in [7, 11) is 0. The van der Waals surface area contributed by atoms with Gasteiger partial charge < -0.3 is 5.73 Å². The van der Waals surface area contributed by atoms with Crippen molar-refractivity contribution in [2.24, 2.45) is 10.8 Å². The van der Waals surface area contributed by atoms with Crippen molar-refractivity contribution in [3.05, 3.63) is 10.4 Å². The van der Waals surface area contributed by atoms with Gasteiger partial charge in [0.05, 0.1) is 6.04 Å². The summed E-state index contributed by atoms with van der Waals surface area (Å²) in [6.45, 7) is 0. The fourth-order valence-electron chi connectivity index (χ4n) is 1.35. The zero-order valence-corrected chi connectivity index (χ0v) is 5.90. The van der Waals surface area contributed by atoms with Crippen molar-refractivity contribution < 1.29 is 0 Å². The van der Waals surface area contributed by atoms with E-state index in [0.29, 0.717) is 0 Å². The highest BCUT2D eigenvalue weighted by Crippen LogP contribution is 2.19. The molecule has 0 aromatic heterocycles. The van der Waals surface area contributed by atoms with E-state index in [-0.39, 0.29) is 12.1 Å². The van der Waals surface area contributed by atoms with Gasteiger partial charge in [-0.2, -0.15) is 0 Å². The summed E-state index contributed by atoms with van der Waals surface area (Å²) in [5.74, 6) is 0. The Labute approximate surface area is 60.0 Å². The molecule has 1 aliphatic rings. The monoisotopic (exact) mass is 140 g/mol. The lowest BCUT2D eigenvalue weighted by Crippen LogP contribution is -2.35. The van der Waals surface area contributed by atoms with Crippen LogP contribution in [0.25, 0.3) is 10.4 Å². The molecule has 0 saturated heterocycles. The van der Waals surface area contributed by atoms with Gasteiger partial charge in [-0.25, -0.2) is 0 Å². The second-order valence-corrected chi connectivity index (χ2v) is 2.72. The molecule has 2 atom stereocenters. The largest absolute Gasteiger partial charge is 0.327 e. The molecular formula is C6H12N4. The van der Waals surface area contributed by atoms with Crippen molar-refractivity contribution in [3.63, 3.8) is 0 Å². The van der Waals surface area contributed by atoms with Gasteiger partial charge in [-0.15, -0.1) is 0 Å². The molecule has 10 heavy (non-hydrogen) atoms. The van der Waals surface area contributed by atoms with E-state index >= 15 is 0 Å². The van der Waals surface area contributed by atoms with Crippen LogP contribution in [0, 0.1) is 0 Å². The molecule has 0 spiro atoms. The standard InChI is InChI=1S/C6H12N4/c7-5-3-1-2-4-6(5)9-10-8/h5-6H,1-4,7H2/t5-,6+/m1/s1. The lowest BCUT2D eigenvalue weighted by atomic mass is 9.92. The molecule has 1 rings (SSSR count). The molecule has 0 unspecified atom stereocenters. The maximum atomic E-state index is 8.14. The molecular weight excluding hydrogens is 128 g/mol. The van der Waals surface area contributed by atoms with Gasteiger partial charge in [-0.1, -0.05) is 18.0 Å². The minimum atomic E-state index is 0.0544. The van der Waals surface area contributed by atoms with E-state index in [1.807, 2.05) is 0 Å². The van der Waals surface area contributed by atoms with Gasteiger partial charge in [0, 0.05) is 11.0 Å². The van der Waals surface area contributed by atoms with Gasteiger partial charge in [0.2, 0.25) is 0 Å². The van der Waals surface area contributed by atoms with Gasteiger partial charge in [-0.05, 0) is 18.4 Å². The fourth-order valence-corrected chi connectivity index (χ4v) is 1.35. The van der Waals surface area contributed by atoms with Crippen LogP contribution in [0.5, 0.6) is 0 Å². The summed E-state index contributed by atoms with van der Waals surface area (Å²) in [5, 5.41) is 3.62. The first-order valence-corrected chi connectivity index (χ1v) is 3.64. The van der Waals surface area contributed by atoms with Gasteiger partial charge in [0.25, 0.3) is 0 Å². The third-order valence-electron chi connectivity index (χ3n) is 1.98. The predicted molar refractivity (Wildman–Crippen MR) is 39.4 cm³/mol. The number of nitrogens with two attached hydrogens (primary N) is 1. The normalized spacial score (nSPS) is 32.9. The average Bonchev–Trinajstić information content (AvgIpc) is 1.94. The molecule has 1 fully saturated rings. The molecule has 0 aromatic carbocycles. The summed E-state index contributed by atoms with van der Waals surface area (Å²) < 4.78 is 0. The Hall–Kier alpha value is -0.730. The lowest BCUT2D eigenvalue weighted by molar-refractivity contribution is 0.384. The molecule has 0 bridgehead atoms.